The highest BCUT2D eigenvalue weighted by Crippen LogP contribution is 2.39. The number of aromatic nitrogens is 1. The summed E-state index contributed by atoms with van der Waals surface area (Å²) >= 11 is 0. The van der Waals surface area contributed by atoms with Crippen LogP contribution in [0.1, 0.15) is 45.0 Å². The highest BCUT2D eigenvalue weighted by molar-refractivity contribution is 6.00. The van der Waals surface area contributed by atoms with Gasteiger partial charge in [0, 0.05) is 40.8 Å². The van der Waals surface area contributed by atoms with Crippen LogP contribution in [0.15, 0.2) is 109 Å². The Balaban J connectivity index is 1.68. The lowest BCUT2D eigenvalue weighted by molar-refractivity contribution is 0.0944. The number of para-hydroxylation sites is 1. The van der Waals surface area contributed by atoms with E-state index in [0.29, 0.717) is 33.7 Å². The molecular formula is C33H26FNO3. The molecule has 5 heteroatoms. The third-order valence-electron chi connectivity index (χ3n) is 6.67. The zero-order valence-corrected chi connectivity index (χ0v) is 20.9. The Morgan fingerprint density at radius 2 is 1.34 bits per heavy atom. The lowest BCUT2D eigenvalue weighted by atomic mass is 9.83. The van der Waals surface area contributed by atoms with Gasteiger partial charge in [-0.3, -0.25) is 9.59 Å². The molecule has 4 nitrogen and oxygen atoms in total. The number of nitrogens with zero attached hydrogens (tertiary/aromatic N) is 1. The van der Waals surface area contributed by atoms with Crippen molar-refractivity contribution in [3.05, 3.63) is 132 Å². The van der Waals surface area contributed by atoms with Gasteiger partial charge in [-0.05, 0) is 35.9 Å². The molecule has 0 aliphatic carbocycles. The molecule has 0 saturated heterocycles. The van der Waals surface area contributed by atoms with E-state index in [1.165, 1.54) is 19.2 Å². The largest absolute Gasteiger partial charge is 0.496 e. The van der Waals surface area contributed by atoms with Crippen LogP contribution in [0.5, 0.6) is 5.75 Å². The van der Waals surface area contributed by atoms with Crippen molar-refractivity contribution < 1.29 is 18.7 Å². The van der Waals surface area contributed by atoms with Crippen molar-refractivity contribution in [1.82, 2.24) is 4.98 Å². The molecule has 0 atom stereocenters. The van der Waals surface area contributed by atoms with E-state index in [2.05, 4.69) is 0 Å². The molecule has 188 valence electrons. The van der Waals surface area contributed by atoms with Gasteiger partial charge in [-0.15, -0.1) is 0 Å². The number of fused-ring (bicyclic) bond motifs is 1. The van der Waals surface area contributed by atoms with Crippen molar-refractivity contribution in [2.75, 3.05) is 7.11 Å². The Hall–Kier alpha value is -4.64. The fourth-order valence-electron chi connectivity index (χ4n) is 4.75. The normalized spacial score (nSPS) is 11.0. The average Bonchev–Trinajstić information content (AvgIpc) is 2.97. The SMILES string of the molecule is COc1ccc(F)cc1-c1nc2ccccc2cc1C(CC(=O)c1ccccc1)CC(=O)c1ccccc1. The van der Waals surface area contributed by atoms with Crippen LogP contribution < -0.4 is 4.74 Å². The molecule has 0 amide bonds. The van der Waals surface area contributed by atoms with E-state index in [9.17, 15) is 14.0 Å². The topological polar surface area (TPSA) is 56.3 Å². The number of rotatable bonds is 9. The van der Waals surface area contributed by atoms with Gasteiger partial charge in [0.2, 0.25) is 0 Å². The summed E-state index contributed by atoms with van der Waals surface area (Å²) in [6.07, 6.45) is 0.181. The van der Waals surface area contributed by atoms with E-state index in [4.69, 9.17) is 9.72 Å². The molecule has 1 aromatic heterocycles. The van der Waals surface area contributed by atoms with Crippen LogP contribution in [-0.2, 0) is 0 Å². The van der Waals surface area contributed by atoms with Crippen LogP contribution in [0.2, 0.25) is 0 Å². The Bertz CT molecular complexity index is 1550. The van der Waals surface area contributed by atoms with Crippen LogP contribution in [0.4, 0.5) is 4.39 Å². The summed E-state index contributed by atoms with van der Waals surface area (Å²) in [6, 6.07) is 31.9. The highest BCUT2D eigenvalue weighted by atomic mass is 19.1. The van der Waals surface area contributed by atoms with Gasteiger partial charge in [0.05, 0.1) is 18.3 Å². The number of benzene rings is 4. The van der Waals surface area contributed by atoms with Crippen molar-refractivity contribution in [1.29, 1.82) is 0 Å². The number of carbonyl (C=O) groups is 2. The molecule has 5 rings (SSSR count). The molecule has 0 saturated carbocycles. The third-order valence-corrected chi connectivity index (χ3v) is 6.67. The maximum atomic E-state index is 14.5. The molecule has 0 N–H and O–H groups in total. The molecule has 0 spiro atoms. The molecule has 0 bridgehead atoms. The monoisotopic (exact) mass is 503 g/mol. The Labute approximate surface area is 220 Å². The molecule has 1 heterocycles. The van der Waals surface area contributed by atoms with Crippen molar-refractivity contribution in [3.8, 4) is 17.0 Å². The quantitative estimate of drug-likeness (QED) is 0.194. The summed E-state index contributed by atoms with van der Waals surface area (Å²) in [7, 11) is 1.52. The first kappa shape index (κ1) is 25.0. The smallest absolute Gasteiger partial charge is 0.163 e. The van der Waals surface area contributed by atoms with Gasteiger partial charge < -0.3 is 4.74 Å². The van der Waals surface area contributed by atoms with Crippen LogP contribution >= 0.6 is 0 Å². The second kappa shape index (κ2) is 11.2. The first-order valence-electron chi connectivity index (χ1n) is 12.4. The lowest BCUT2D eigenvalue weighted by Gasteiger charge is -2.21. The van der Waals surface area contributed by atoms with Gasteiger partial charge in [0.25, 0.3) is 0 Å². The molecule has 0 aliphatic rings. The summed E-state index contributed by atoms with van der Waals surface area (Å²) in [4.78, 5) is 31.7. The molecule has 0 fully saturated rings. The van der Waals surface area contributed by atoms with Crippen LogP contribution in [-0.4, -0.2) is 23.7 Å². The Morgan fingerprint density at radius 3 is 1.95 bits per heavy atom. The van der Waals surface area contributed by atoms with Gasteiger partial charge in [-0.1, -0.05) is 78.9 Å². The zero-order chi connectivity index (χ0) is 26.5. The molecule has 38 heavy (non-hydrogen) atoms. The minimum Gasteiger partial charge on any atom is -0.496 e. The Kier molecular flexibility index (Phi) is 7.36. The number of ether oxygens (including phenoxy) is 1. The summed E-state index contributed by atoms with van der Waals surface area (Å²) < 4.78 is 20.0. The molecular weight excluding hydrogens is 477 g/mol. The van der Waals surface area contributed by atoms with Crippen molar-refractivity contribution in [2.24, 2.45) is 0 Å². The zero-order valence-electron chi connectivity index (χ0n) is 20.9. The molecule has 0 radical (unpaired) electrons. The van der Waals surface area contributed by atoms with Gasteiger partial charge in [-0.2, -0.15) is 0 Å². The predicted molar refractivity (Wildman–Crippen MR) is 147 cm³/mol. The van der Waals surface area contributed by atoms with E-state index in [1.54, 1.807) is 30.3 Å². The Morgan fingerprint density at radius 1 is 0.763 bits per heavy atom. The van der Waals surface area contributed by atoms with Crippen molar-refractivity contribution >= 4 is 22.5 Å². The number of hydrogen-bond donors (Lipinski definition) is 0. The number of ketones is 2. The van der Waals surface area contributed by atoms with Gasteiger partial charge >= 0.3 is 0 Å². The maximum absolute atomic E-state index is 14.5. The lowest BCUT2D eigenvalue weighted by Crippen LogP contribution is -2.14. The number of hydrogen-bond acceptors (Lipinski definition) is 4. The van der Waals surface area contributed by atoms with Gasteiger partial charge in [0.15, 0.2) is 11.6 Å². The fraction of sp³-hybridized carbons (Fsp3) is 0.121. The standard InChI is InChI=1S/C33H26FNO3/c1-38-32-17-16-26(34)21-28(32)33-27(18-24-14-8-9-15-29(24)35-33)25(19-30(36)22-10-4-2-5-11-22)20-31(37)23-12-6-3-7-13-23/h2-18,21,25H,19-20H2,1H3. The minimum atomic E-state index is -0.504. The van der Waals surface area contributed by atoms with Gasteiger partial charge in [-0.25, -0.2) is 9.37 Å². The van der Waals surface area contributed by atoms with E-state index in [1.807, 2.05) is 66.7 Å². The van der Waals surface area contributed by atoms with E-state index in [0.717, 1.165) is 10.9 Å². The van der Waals surface area contributed by atoms with E-state index >= 15 is 0 Å². The molecule has 4 aromatic carbocycles. The summed E-state index contributed by atoms with van der Waals surface area (Å²) in [5.74, 6) is -0.643. The van der Waals surface area contributed by atoms with Crippen LogP contribution in [0, 0.1) is 5.82 Å². The molecule has 5 aromatic rings. The number of halogens is 1. The second-order valence-electron chi connectivity index (χ2n) is 9.15. The summed E-state index contributed by atoms with van der Waals surface area (Å²) in [6.45, 7) is 0. The number of methoxy groups -OCH3 is 1. The number of Topliss-reactive ketones (excluding diaryl/α,β-unsaturated/α-hetero) is 2. The molecule has 0 unspecified atom stereocenters. The maximum Gasteiger partial charge on any atom is 0.163 e. The van der Waals surface area contributed by atoms with E-state index in [-0.39, 0.29) is 24.4 Å². The average molecular weight is 504 g/mol. The van der Waals surface area contributed by atoms with Crippen LogP contribution in [0.3, 0.4) is 0 Å². The second-order valence-corrected chi connectivity index (χ2v) is 9.15. The number of pyridine rings is 1. The molecule has 0 aliphatic heterocycles. The minimum absolute atomic E-state index is 0.0817. The van der Waals surface area contributed by atoms with Crippen molar-refractivity contribution in [3.63, 3.8) is 0 Å². The van der Waals surface area contributed by atoms with Gasteiger partial charge in [0.1, 0.15) is 11.6 Å². The summed E-state index contributed by atoms with van der Waals surface area (Å²) in [5.41, 5.74) is 3.53. The van der Waals surface area contributed by atoms with Crippen LogP contribution in [0.25, 0.3) is 22.2 Å². The highest BCUT2D eigenvalue weighted by Gasteiger charge is 2.26. The van der Waals surface area contributed by atoms with E-state index < -0.39 is 11.7 Å². The summed E-state index contributed by atoms with van der Waals surface area (Å²) in [5, 5.41) is 0.867. The fourth-order valence-corrected chi connectivity index (χ4v) is 4.75. The first-order chi connectivity index (χ1) is 18.5. The number of carbonyl (C=O) groups excluding carboxylic acids is 2. The predicted octanol–water partition coefficient (Wildman–Crippen LogP) is 7.68. The van der Waals surface area contributed by atoms with Crippen molar-refractivity contribution in [2.45, 2.75) is 18.8 Å². The first-order valence-corrected chi connectivity index (χ1v) is 12.4. The third kappa shape index (κ3) is 5.37.